The molecule has 1 N–H and O–H groups in total. The molecule has 0 aromatic heterocycles. The highest BCUT2D eigenvalue weighted by Gasteiger charge is 2.08. The van der Waals surface area contributed by atoms with E-state index in [0.717, 1.165) is 23.1 Å². The molecule has 140 valence electrons. The van der Waals surface area contributed by atoms with Gasteiger partial charge in [0.15, 0.2) is 18.1 Å². The van der Waals surface area contributed by atoms with Gasteiger partial charge in [0.2, 0.25) is 0 Å². The van der Waals surface area contributed by atoms with Crippen molar-refractivity contribution in [2.75, 3.05) is 20.3 Å². The average molecular weight is 357 g/mol. The Morgan fingerprint density at radius 2 is 1.73 bits per heavy atom. The average Bonchev–Trinajstić information content (AvgIpc) is 2.62. The quantitative estimate of drug-likeness (QED) is 0.742. The van der Waals surface area contributed by atoms with Gasteiger partial charge >= 0.3 is 0 Å². The Kier molecular flexibility index (Phi) is 7.33. The predicted octanol–water partition coefficient (Wildman–Crippen LogP) is 3.80. The standard InChI is InChI=1S/C21H27NO4/c1-5-8-25-19-7-6-17(12-20(19)24-4)13-22-21(23)14-26-18-10-15(2)9-16(3)11-18/h6-7,9-12H,5,8,13-14H2,1-4H3,(H,22,23). The second-order valence-electron chi connectivity index (χ2n) is 6.22. The summed E-state index contributed by atoms with van der Waals surface area (Å²) in [5, 5.41) is 2.85. The molecule has 0 unspecified atom stereocenters. The van der Waals surface area contributed by atoms with E-state index in [-0.39, 0.29) is 12.5 Å². The summed E-state index contributed by atoms with van der Waals surface area (Å²) < 4.78 is 16.6. The largest absolute Gasteiger partial charge is 0.493 e. The molecule has 0 saturated carbocycles. The van der Waals surface area contributed by atoms with E-state index in [9.17, 15) is 4.79 Å². The van der Waals surface area contributed by atoms with E-state index in [4.69, 9.17) is 14.2 Å². The fraction of sp³-hybridized carbons (Fsp3) is 0.381. The van der Waals surface area contributed by atoms with Crippen molar-refractivity contribution in [3.8, 4) is 17.2 Å². The Hall–Kier alpha value is -2.69. The summed E-state index contributed by atoms with van der Waals surface area (Å²) in [4.78, 5) is 12.0. The Morgan fingerprint density at radius 3 is 2.38 bits per heavy atom. The predicted molar refractivity (Wildman–Crippen MR) is 102 cm³/mol. The number of carbonyl (C=O) groups is 1. The number of aryl methyl sites for hydroxylation is 2. The number of hydrogen-bond acceptors (Lipinski definition) is 4. The van der Waals surface area contributed by atoms with E-state index in [1.807, 2.05) is 44.2 Å². The number of rotatable bonds is 9. The molecule has 1 amide bonds. The van der Waals surface area contributed by atoms with Crippen molar-refractivity contribution in [3.63, 3.8) is 0 Å². The van der Waals surface area contributed by atoms with E-state index < -0.39 is 0 Å². The van der Waals surface area contributed by atoms with Gasteiger partial charge in [-0.3, -0.25) is 4.79 Å². The molecule has 0 heterocycles. The van der Waals surface area contributed by atoms with Gasteiger partial charge in [-0.2, -0.15) is 0 Å². The van der Waals surface area contributed by atoms with Crippen LogP contribution in [-0.2, 0) is 11.3 Å². The van der Waals surface area contributed by atoms with Gasteiger partial charge in [-0.25, -0.2) is 0 Å². The lowest BCUT2D eigenvalue weighted by Gasteiger charge is -2.12. The number of ether oxygens (including phenoxy) is 3. The van der Waals surface area contributed by atoms with Gasteiger partial charge in [0.25, 0.3) is 5.91 Å². The van der Waals surface area contributed by atoms with Crippen LogP contribution in [0.2, 0.25) is 0 Å². The van der Waals surface area contributed by atoms with Crippen LogP contribution in [0.1, 0.15) is 30.0 Å². The first-order valence-electron chi connectivity index (χ1n) is 8.79. The first kappa shape index (κ1) is 19.6. The van der Waals surface area contributed by atoms with Crippen LogP contribution in [0.15, 0.2) is 36.4 Å². The van der Waals surface area contributed by atoms with Crippen LogP contribution in [-0.4, -0.2) is 26.2 Å². The molecule has 0 aliphatic heterocycles. The molecule has 2 aromatic rings. The van der Waals surface area contributed by atoms with E-state index in [1.54, 1.807) is 7.11 Å². The number of benzene rings is 2. The normalized spacial score (nSPS) is 10.3. The van der Waals surface area contributed by atoms with Crippen LogP contribution >= 0.6 is 0 Å². The molecule has 26 heavy (non-hydrogen) atoms. The number of carbonyl (C=O) groups excluding carboxylic acids is 1. The first-order chi connectivity index (χ1) is 12.5. The smallest absolute Gasteiger partial charge is 0.258 e. The lowest BCUT2D eigenvalue weighted by molar-refractivity contribution is -0.123. The van der Waals surface area contributed by atoms with Crippen molar-refractivity contribution in [1.82, 2.24) is 5.32 Å². The fourth-order valence-corrected chi connectivity index (χ4v) is 2.57. The first-order valence-corrected chi connectivity index (χ1v) is 8.79. The molecule has 0 radical (unpaired) electrons. The van der Waals surface area contributed by atoms with Gasteiger partial charge in [0, 0.05) is 6.54 Å². The minimum atomic E-state index is -0.172. The summed E-state index contributed by atoms with van der Waals surface area (Å²) in [6.07, 6.45) is 0.932. The van der Waals surface area contributed by atoms with Crippen LogP contribution in [0.4, 0.5) is 0 Å². The summed E-state index contributed by atoms with van der Waals surface area (Å²) >= 11 is 0. The van der Waals surface area contributed by atoms with Crippen LogP contribution in [0.3, 0.4) is 0 Å². The minimum Gasteiger partial charge on any atom is -0.493 e. The zero-order chi connectivity index (χ0) is 18.9. The lowest BCUT2D eigenvalue weighted by Crippen LogP contribution is -2.28. The van der Waals surface area contributed by atoms with Crippen LogP contribution in [0.5, 0.6) is 17.2 Å². The summed E-state index contributed by atoms with van der Waals surface area (Å²) in [6, 6.07) is 11.5. The number of hydrogen-bond donors (Lipinski definition) is 1. The van der Waals surface area contributed by atoms with Gasteiger partial charge in [-0.15, -0.1) is 0 Å². The van der Waals surface area contributed by atoms with Crippen LogP contribution < -0.4 is 19.5 Å². The molecule has 0 aliphatic rings. The van der Waals surface area contributed by atoms with Crippen molar-refractivity contribution < 1.29 is 19.0 Å². The van der Waals surface area contributed by atoms with Gasteiger partial charge in [0.05, 0.1) is 13.7 Å². The third-order valence-electron chi connectivity index (χ3n) is 3.74. The summed E-state index contributed by atoms with van der Waals surface area (Å²) in [6.45, 7) is 7.08. The summed E-state index contributed by atoms with van der Waals surface area (Å²) in [5.74, 6) is 1.91. The second-order valence-corrected chi connectivity index (χ2v) is 6.22. The Labute approximate surface area is 155 Å². The monoisotopic (exact) mass is 357 g/mol. The molecule has 5 nitrogen and oxygen atoms in total. The topological polar surface area (TPSA) is 56.8 Å². The third-order valence-corrected chi connectivity index (χ3v) is 3.74. The van der Waals surface area contributed by atoms with E-state index in [0.29, 0.717) is 30.4 Å². The Balaban J connectivity index is 1.86. The molecule has 0 bridgehead atoms. The van der Waals surface area contributed by atoms with Crippen molar-refractivity contribution in [3.05, 3.63) is 53.1 Å². The number of nitrogens with one attached hydrogen (secondary N) is 1. The molecule has 0 spiro atoms. The second kappa shape index (κ2) is 9.70. The van der Waals surface area contributed by atoms with Crippen LogP contribution in [0.25, 0.3) is 0 Å². The zero-order valence-electron chi connectivity index (χ0n) is 15.9. The van der Waals surface area contributed by atoms with Crippen molar-refractivity contribution >= 4 is 5.91 Å². The van der Waals surface area contributed by atoms with Gasteiger partial charge in [0.1, 0.15) is 5.75 Å². The molecule has 0 fully saturated rings. The molecule has 0 saturated heterocycles. The Bertz CT molecular complexity index is 723. The highest BCUT2D eigenvalue weighted by Crippen LogP contribution is 2.28. The molecule has 5 heteroatoms. The molecule has 0 atom stereocenters. The molecule has 2 rings (SSSR count). The molecule has 2 aromatic carbocycles. The summed E-state index contributed by atoms with van der Waals surface area (Å²) in [5.41, 5.74) is 3.15. The lowest BCUT2D eigenvalue weighted by atomic mass is 10.1. The molecular weight excluding hydrogens is 330 g/mol. The van der Waals surface area contributed by atoms with Crippen LogP contribution in [0, 0.1) is 13.8 Å². The van der Waals surface area contributed by atoms with Crippen molar-refractivity contribution in [2.24, 2.45) is 0 Å². The number of methoxy groups -OCH3 is 1. The maximum atomic E-state index is 12.0. The minimum absolute atomic E-state index is 0.0161. The van der Waals surface area contributed by atoms with E-state index >= 15 is 0 Å². The van der Waals surface area contributed by atoms with Gasteiger partial charge in [-0.1, -0.05) is 19.1 Å². The number of amides is 1. The molecule has 0 aliphatic carbocycles. The summed E-state index contributed by atoms with van der Waals surface area (Å²) in [7, 11) is 1.61. The SMILES string of the molecule is CCCOc1ccc(CNC(=O)COc2cc(C)cc(C)c2)cc1OC. The highest BCUT2D eigenvalue weighted by molar-refractivity contribution is 5.77. The highest BCUT2D eigenvalue weighted by atomic mass is 16.5. The zero-order valence-corrected chi connectivity index (χ0v) is 15.9. The molecular formula is C21H27NO4. The third kappa shape index (κ3) is 5.99. The van der Waals surface area contributed by atoms with E-state index in [1.165, 1.54) is 0 Å². The fourth-order valence-electron chi connectivity index (χ4n) is 2.57. The maximum Gasteiger partial charge on any atom is 0.258 e. The van der Waals surface area contributed by atoms with Crippen molar-refractivity contribution in [1.29, 1.82) is 0 Å². The Morgan fingerprint density at radius 1 is 1.00 bits per heavy atom. The van der Waals surface area contributed by atoms with Gasteiger partial charge in [-0.05, 0) is 61.2 Å². The maximum absolute atomic E-state index is 12.0. The van der Waals surface area contributed by atoms with E-state index in [2.05, 4.69) is 18.3 Å². The van der Waals surface area contributed by atoms with Gasteiger partial charge < -0.3 is 19.5 Å². The van der Waals surface area contributed by atoms with Crippen molar-refractivity contribution in [2.45, 2.75) is 33.7 Å².